The molecule has 1 N–H and O–H groups in total. The van der Waals surface area contributed by atoms with E-state index < -0.39 is 0 Å². The molecule has 0 aromatic carbocycles. The number of piperazine rings is 1. The summed E-state index contributed by atoms with van der Waals surface area (Å²) >= 11 is 0. The molecule has 5 rings (SSSR count). The SMILES string of the molecule is CN1CCN(Cc2cnc3[nH]cc(-c4cnc5nccn5c4)c3c2)CC1. The molecule has 1 aliphatic rings. The minimum Gasteiger partial charge on any atom is -0.346 e. The van der Waals surface area contributed by atoms with Crippen molar-refractivity contribution in [1.82, 2.24) is 34.1 Å². The number of rotatable bonds is 3. The summed E-state index contributed by atoms with van der Waals surface area (Å²) in [4.78, 5) is 21.4. The first-order chi connectivity index (χ1) is 12.8. The van der Waals surface area contributed by atoms with Gasteiger partial charge < -0.3 is 9.88 Å². The lowest BCUT2D eigenvalue weighted by molar-refractivity contribution is 0.148. The van der Waals surface area contributed by atoms with Crippen LogP contribution in [0.2, 0.25) is 0 Å². The number of aromatic amines is 1. The maximum atomic E-state index is 4.63. The Hall–Kier alpha value is -2.77. The fraction of sp³-hybridized carbons (Fsp3) is 0.316. The summed E-state index contributed by atoms with van der Waals surface area (Å²) in [6.45, 7) is 5.41. The number of fused-ring (bicyclic) bond motifs is 2. The fourth-order valence-electron chi connectivity index (χ4n) is 3.59. The maximum Gasteiger partial charge on any atom is 0.233 e. The van der Waals surface area contributed by atoms with Crippen molar-refractivity contribution >= 4 is 16.8 Å². The van der Waals surface area contributed by atoms with E-state index in [0.717, 1.165) is 54.9 Å². The van der Waals surface area contributed by atoms with Gasteiger partial charge in [0.25, 0.3) is 0 Å². The third-order valence-electron chi connectivity index (χ3n) is 5.15. The van der Waals surface area contributed by atoms with Crippen LogP contribution in [0.5, 0.6) is 0 Å². The normalized spacial score (nSPS) is 16.7. The second-order valence-electron chi connectivity index (χ2n) is 7.00. The summed E-state index contributed by atoms with van der Waals surface area (Å²) in [5.74, 6) is 0.711. The first-order valence-corrected chi connectivity index (χ1v) is 8.92. The molecule has 0 spiro atoms. The highest BCUT2D eigenvalue weighted by molar-refractivity contribution is 5.93. The van der Waals surface area contributed by atoms with E-state index in [4.69, 9.17) is 0 Å². The second-order valence-corrected chi connectivity index (χ2v) is 7.00. The smallest absolute Gasteiger partial charge is 0.233 e. The lowest BCUT2D eigenvalue weighted by atomic mass is 10.1. The van der Waals surface area contributed by atoms with Gasteiger partial charge >= 0.3 is 0 Å². The van der Waals surface area contributed by atoms with E-state index in [1.54, 1.807) is 6.20 Å². The average Bonchev–Trinajstić information content (AvgIpc) is 3.29. The van der Waals surface area contributed by atoms with Crippen LogP contribution in [0.4, 0.5) is 0 Å². The predicted octanol–water partition coefficient (Wildman–Crippen LogP) is 2.02. The van der Waals surface area contributed by atoms with Crippen LogP contribution in [0.1, 0.15) is 5.56 Å². The zero-order valence-corrected chi connectivity index (χ0v) is 14.8. The molecular weight excluding hydrogens is 326 g/mol. The van der Waals surface area contributed by atoms with E-state index in [2.05, 4.69) is 49.0 Å². The molecule has 132 valence electrons. The molecule has 1 saturated heterocycles. The number of likely N-dealkylation sites (N-methyl/N-ethyl adjacent to an activating group) is 1. The van der Waals surface area contributed by atoms with Gasteiger partial charge in [0.1, 0.15) is 5.65 Å². The van der Waals surface area contributed by atoms with Gasteiger partial charge in [-0.2, -0.15) is 0 Å². The van der Waals surface area contributed by atoms with Crippen molar-refractivity contribution in [3.63, 3.8) is 0 Å². The summed E-state index contributed by atoms with van der Waals surface area (Å²) < 4.78 is 1.94. The molecule has 26 heavy (non-hydrogen) atoms. The van der Waals surface area contributed by atoms with E-state index >= 15 is 0 Å². The molecule has 1 aliphatic heterocycles. The molecule has 5 heterocycles. The quantitative estimate of drug-likeness (QED) is 0.614. The van der Waals surface area contributed by atoms with E-state index in [0.29, 0.717) is 5.78 Å². The summed E-state index contributed by atoms with van der Waals surface area (Å²) in [6.07, 6.45) is 11.6. The number of hydrogen-bond donors (Lipinski definition) is 1. The van der Waals surface area contributed by atoms with E-state index in [1.165, 1.54) is 5.56 Å². The van der Waals surface area contributed by atoms with Gasteiger partial charge in [-0.1, -0.05) is 0 Å². The summed E-state index contributed by atoms with van der Waals surface area (Å²) in [6, 6.07) is 2.25. The average molecular weight is 347 g/mol. The Bertz CT molecular complexity index is 1060. The van der Waals surface area contributed by atoms with Crippen LogP contribution in [0.15, 0.2) is 43.2 Å². The van der Waals surface area contributed by atoms with Gasteiger partial charge in [0, 0.05) is 86.4 Å². The van der Waals surface area contributed by atoms with Gasteiger partial charge in [-0.05, 0) is 18.7 Å². The summed E-state index contributed by atoms with van der Waals surface area (Å²) in [5, 5.41) is 1.14. The van der Waals surface area contributed by atoms with Gasteiger partial charge in [-0.15, -0.1) is 0 Å². The van der Waals surface area contributed by atoms with Gasteiger partial charge in [0.05, 0.1) is 0 Å². The monoisotopic (exact) mass is 347 g/mol. The van der Waals surface area contributed by atoms with Crippen molar-refractivity contribution in [2.24, 2.45) is 0 Å². The molecule has 0 atom stereocenters. The number of nitrogens with one attached hydrogen (secondary N) is 1. The van der Waals surface area contributed by atoms with Crippen LogP contribution in [0, 0.1) is 0 Å². The minimum absolute atomic E-state index is 0.711. The Labute approximate surface area is 151 Å². The van der Waals surface area contributed by atoms with Crippen LogP contribution in [0.3, 0.4) is 0 Å². The zero-order chi connectivity index (χ0) is 17.5. The highest BCUT2D eigenvalue weighted by Crippen LogP contribution is 2.28. The highest BCUT2D eigenvalue weighted by atomic mass is 15.2. The molecule has 0 aliphatic carbocycles. The Morgan fingerprint density at radius 2 is 1.96 bits per heavy atom. The number of imidazole rings is 1. The molecule has 0 amide bonds. The molecule has 0 radical (unpaired) electrons. The Balaban J connectivity index is 1.48. The Morgan fingerprint density at radius 1 is 1.08 bits per heavy atom. The Morgan fingerprint density at radius 3 is 2.85 bits per heavy atom. The first-order valence-electron chi connectivity index (χ1n) is 8.92. The van der Waals surface area contributed by atoms with Crippen molar-refractivity contribution in [1.29, 1.82) is 0 Å². The van der Waals surface area contributed by atoms with Gasteiger partial charge in [-0.25, -0.2) is 15.0 Å². The van der Waals surface area contributed by atoms with Crippen molar-refractivity contribution < 1.29 is 0 Å². The third-order valence-corrected chi connectivity index (χ3v) is 5.15. The van der Waals surface area contributed by atoms with Crippen LogP contribution < -0.4 is 0 Å². The predicted molar refractivity (Wildman–Crippen MR) is 101 cm³/mol. The standard InChI is InChI=1S/C19H21N7/c1-24-4-6-25(7-5-24)12-14-8-16-17(11-22-18(16)21-9-14)15-10-23-19-20-2-3-26(19)13-15/h2-3,8-11,13H,4-7,12H2,1H3,(H,21,22). The molecule has 7 heteroatoms. The topological polar surface area (TPSA) is 65.3 Å². The van der Waals surface area contributed by atoms with Crippen LogP contribution >= 0.6 is 0 Å². The first kappa shape index (κ1) is 15.5. The van der Waals surface area contributed by atoms with E-state index in [-0.39, 0.29) is 0 Å². The van der Waals surface area contributed by atoms with Crippen LogP contribution in [-0.4, -0.2) is 67.4 Å². The number of pyridine rings is 1. The van der Waals surface area contributed by atoms with Crippen molar-refractivity contribution in [3.05, 3.63) is 48.8 Å². The summed E-state index contributed by atoms with van der Waals surface area (Å²) in [5.41, 5.74) is 4.34. The van der Waals surface area contributed by atoms with E-state index in [1.807, 2.05) is 29.2 Å². The molecular formula is C19H21N7. The maximum absolute atomic E-state index is 4.63. The number of H-pyrrole nitrogens is 1. The molecule has 0 bridgehead atoms. The molecule has 0 saturated carbocycles. The molecule has 4 aromatic rings. The molecule has 4 aromatic heterocycles. The molecule has 1 fully saturated rings. The minimum atomic E-state index is 0.711. The third kappa shape index (κ3) is 2.75. The van der Waals surface area contributed by atoms with Crippen molar-refractivity contribution in [2.75, 3.05) is 33.2 Å². The Kier molecular flexibility index (Phi) is 3.69. The van der Waals surface area contributed by atoms with Crippen LogP contribution in [0.25, 0.3) is 27.9 Å². The molecule has 7 nitrogen and oxygen atoms in total. The second kappa shape index (κ2) is 6.19. The van der Waals surface area contributed by atoms with Crippen molar-refractivity contribution in [3.8, 4) is 11.1 Å². The lowest BCUT2D eigenvalue weighted by Gasteiger charge is -2.32. The van der Waals surface area contributed by atoms with E-state index in [9.17, 15) is 0 Å². The number of aromatic nitrogens is 5. The number of hydrogen-bond acceptors (Lipinski definition) is 5. The fourth-order valence-corrected chi connectivity index (χ4v) is 3.59. The van der Waals surface area contributed by atoms with Gasteiger partial charge in [-0.3, -0.25) is 9.30 Å². The lowest BCUT2D eigenvalue weighted by Crippen LogP contribution is -2.43. The van der Waals surface area contributed by atoms with Gasteiger partial charge in [0.2, 0.25) is 5.78 Å². The van der Waals surface area contributed by atoms with Crippen LogP contribution in [-0.2, 0) is 6.54 Å². The largest absolute Gasteiger partial charge is 0.346 e. The zero-order valence-electron chi connectivity index (χ0n) is 14.8. The van der Waals surface area contributed by atoms with Crippen molar-refractivity contribution in [2.45, 2.75) is 6.54 Å². The number of nitrogens with zero attached hydrogens (tertiary/aromatic N) is 6. The molecule has 0 unspecified atom stereocenters. The highest BCUT2D eigenvalue weighted by Gasteiger charge is 2.15. The van der Waals surface area contributed by atoms with Gasteiger partial charge in [0.15, 0.2) is 0 Å². The summed E-state index contributed by atoms with van der Waals surface area (Å²) in [7, 11) is 2.18.